The van der Waals surface area contributed by atoms with Crippen molar-refractivity contribution in [2.75, 3.05) is 12.4 Å². The molecule has 0 aromatic heterocycles. The molecule has 0 radical (unpaired) electrons. The zero-order chi connectivity index (χ0) is 9.68. The van der Waals surface area contributed by atoms with Crippen molar-refractivity contribution in [2.45, 2.75) is 18.4 Å². The van der Waals surface area contributed by atoms with E-state index in [1.165, 1.54) is 10.5 Å². The van der Waals surface area contributed by atoms with E-state index < -0.39 is 0 Å². The van der Waals surface area contributed by atoms with E-state index in [1.807, 2.05) is 6.07 Å². The maximum absolute atomic E-state index is 8.68. The van der Waals surface area contributed by atoms with E-state index in [2.05, 4.69) is 19.1 Å². The second-order valence-electron chi connectivity index (χ2n) is 2.88. The SMILES string of the molecule is Cc1cc(CN)ccc1SCCO. The van der Waals surface area contributed by atoms with Crippen LogP contribution in [0.3, 0.4) is 0 Å². The molecule has 1 rings (SSSR count). The molecule has 0 saturated carbocycles. The predicted octanol–water partition coefficient (Wildman–Crippen LogP) is 1.54. The van der Waals surface area contributed by atoms with Crippen molar-refractivity contribution in [3.63, 3.8) is 0 Å². The lowest BCUT2D eigenvalue weighted by Gasteiger charge is -2.05. The molecule has 0 atom stereocenters. The van der Waals surface area contributed by atoms with Gasteiger partial charge in [0.25, 0.3) is 0 Å². The minimum atomic E-state index is 0.225. The van der Waals surface area contributed by atoms with Gasteiger partial charge in [-0.15, -0.1) is 11.8 Å². The molecule has 0 aliphatic carbocycles. The Balaban J connectivity index is 2.73. The van der Waals surface area contributed by atoms with E-state index in [0.717, 1.165) is 11.3 Å². The molecule has 0 unspecified atom stereocenters. The number of aryl methyl sites for hydroxylation is 1. The number of aliphatic hydroxyl groups is 1. The Bertz CT molecular complexity index is 276. The lowest BCUT2D eigenvalue weighted by Crippen LogP contribution is -1.97. The van der Waals surface area contributed by atoms with E-state index >= 15 is 0 Å². The molecular formula is C10H15NOS. The van der Waals surface area contributed by atoms with Crippen molar-refractivity contribution in [3.8, 4) is 0 Å². The van der Waals surface area contributed by atoms with Crippen LogP contribution in [0, 0.1) is 6.92 Å². The Labute approximate surface area is 83.1 Å². The van der Waals surface area contributed by atoms with Gasteiger partial charge in [0.05, 0.1) is 6.61 Å². The Morgan fingerprint density at radius 2 is 2.23 bits per heavy atom. The van der Waals surface area contributed by atoms with Crippen LogP contribution in [0.25, 0.3) is 0 Å². The van der Waals surface area contributed by atoms with Crippen molar-refractivity contribution in [1.29, 1.82) is 0 Å². The molecule has 0 spiro atoms. The highest BCUT2D eigenvalue weighted by Crippen LogP contribution is 2.22. The van der Waals surface area contributed by atoms with E-state index in [4.69, 9.17) is 10.8 Å². The molecule has 0 aliphatic heterocycles. The Morgan fingerprint density at radius 1 is 1.46 bits per heavy atom. The van der Waals surface area contributed by atoms with Crippen molar-refractivity contribution in [3.05, 3.63) is 29.3 Å². The van der Waals surface area contributed by atoms with Gasteiger partial charge < -0.3 is 10.8 Å². The Kier molecular flexibility index (Phi) is 4.28. The van der Waals surface area contributed by atoms with Crippen molar-refractivity contribution in [1.82, 2.24) is 0 Å². The molecule has 0 fully saturated rings. The summed E-state index contributed by atoms with van der Waals surface area (Å²) in [7, 11) is 0. The third-order valence-electron chi connectivity index (χ3n) is 1.82. The Morgan fingerprint density at radius 3 is 2.77 bits per heavy atom. The third-order valence-corrected chi connectivity index (χ3v) is 2.98. The molecule has 72 valence electrons. The molecule has 3 N–H and O–H groups in total. The van der Waals surface area contributed by atoms with Crippen molar-refractivity contribution < 1.29 is 5.11 Å². The van der Waals surface area contributed by atoms with Gasteiger partial charge in [-0.25, -0.2) is 0 Å². The molecule has 1 aromatic rings. The fourth-order valence-corrected chi connectivity index (χ4v) is 1.92. The number of aliphatic hydroxyl groups excluding tert-OH is 1. The summed E-state index contributed by atoms with van der Waals surface area (Å²) >= 11 is 1.68. The van der Waals surface area contributed by atoms with Gasteiger partial charge in [-0.3, -0.25) is 0 Å². The second-order valence-corrected chi connectivity index (χ2v) is 4.01. The second kappa shape index (κ2) is 5.27. The predicted molar refractivity (Wildman–Crippen MR) is 56.9 cm³/mol. The minimum absolute atomic E-state index is 0.225. The lowest BCUT2D eigenvalue weighted by molar-refractivity contribution is 0.322. The summed E-state index contributed by atoms with van der Waals surface area (Å²) < 4.78 is 0. The van der Waals surface area contributed by atoms with E-state index in [-0.39, 0.29) is 6.61 Å². The van der Waals surface area contributed by atoms with Crippen molar-refractivity contribution in [2.24, 2.45) is 5.73 Å². The maximum atomic E-state index is 8.68. The first-order valence-electron chi connectivity index (χ1n) is 4.31. The molecule has 0 heterocycles. The van der Waals surface area contributed by atoms with Gasteiger partial charge in [-0.1, -0.05) is 12.1 Å². The summed E-state index contributed by atoms with van der Waals surface area (Å²) in [4.78, 5) is 1.23. The number of benzene rings is 1. The first kappa shape index (κ1) is 10.6. The van der Waals surface area contributed by atoms with Gasteiger partial charge in [-0.2, -0.15) is 0 Å². The average Bonchev–Trinajstić information content (AvgIpc) is 2.16. The first-order valence-corrected chi connectivity index (χ1v) is 5.29. The highest BCUT2D eigenvalue weighted by atomic mass is 32.2. The molecule has 0 amide bonds. The quantitative estimate of drug-likeness (QED) is 0.720. The lowest BCUT2D eigenvalue weighted by atomic mass is 10.1. The molecule has 2 nitrogen and oxygen atoms in total. The summed E-state index contributed by atoms with van der Waals surface area (Å²) in [6.45, 7) is 2.88. The number of rotatable bonds is 4. The minimum Gasteiger partial charge on any atom is -0.396 e. The van der Waals surface area contributed by atoms with Crippen LogP contribution in [-0.4, -0.2) is 17.5 Å². The molecule has 1 aromatic carbocycles. The van der Waals surface area contributed by atoms with Crippen LogP contribution < -0.4 is 5.73 Å². The smallest absolute Gasteiger partial charge is 0.0525 e. The largest absolute Gasteiger partial charge is 0.396 e. The van der Waals surface area contributed by atoms with Crippen LogP contribution in [0.2, 0.25) is 0 Å². The van der Waals surface area contributed by atoms with Gasteiger partial charge in [0.1, 0.15) is 0 Å². The van der Waals surface area contributed by atoms with Crippen LogP contribution in [0.5, 0.6) is 0 Å². The number of nitrogens with two attached hydrogens (primary N) is 1. The number of hydrogen-bond donors (Lipinski definition) is 2. The van der Waals surface area contributed by atoms with E-state index in [9.17, 15) is 0 Å². The van der Waals surface area contributed by atoms with Crippen LogP contribution in [0.15, 0.2) is 23.1 Å². The molecule has 0 aliphatic rings. The van der Waals surface area contributed by atoms with Crippen LogP contribution in [0.1, 0.15) is 11.1 Å². The van der Waals surface area contributed by atoms with Crippen molar-refractivity contribution >= 4 is 11.8 Å². The summed E-state index contributed by atoms with van der Waals surface area (Å²) in [5.74, 6) is 0.753. The molecular weight excluding hydrogens is 182 g/mol. The van der Waals surface area contributed by atoms with Crippen LogP contribution in [0.4, 0.5) is 0 Å². The average molecular weight is 197 g/mol. The first-order chi connectivity index (χ1) is 6.27. The van der Waals surface area contributed by atoms with Gasteiger partial charge in [0.2, 0.25) is 0 Å². The third kappa shape index (κ3) is 3.03. The zero-order valence-corrected chi connectivity index (χ0v) is 8.60. The van der Waals surface area contributed by atoms with Gasteiger partial charge in [0, 0.05) is 17.2 Å². The maximum Gasteiger partial charge on any atom is 0.0525 e. The number of hydrogen-bond acceptors (Lipinski definition) is 3. The summed E-state index contributed by atoms with van der Waals surface area (Å²) in [6.07, 6.45) is 0. The summed E-state index contributed by atoms with van der Waals surface area (Å²) in [6, 6.07) is 6.20. The van der Waals surface area contributed by atoms with Gasteiger partial charge in [-0.05, 0) is 24.1 Å². The molecule has 3 heteroatoms. The zero-order valence-electron chi connectivity index (χ0n) is 7.79. The van der Waals surface area contributed by atoms with E-state index in [0.29, 0.717) is 6.54 Å². The molecule has 13 heavy (non-hydrogen) atoms. The van der Waals surface area contributed by atoms with E-state index in [1.54, 1.807) is 11.8 Å². The summed E-state index contributed by atoms with van der Waals surface area (Å²) in [5, 5.41) is 8.68. The van der Waals surface area contributed by atoms with Gasteiger partial charge >= 0.3 is 0 Å². The standard InChI is InChI=1S/C10H15NOS/c1-8-6-9(7-11)2-3-10(8)13-5-4-12/h2-3,6,12H,4-5,7,11H2,1H3. The highest BCUT2D eigenvalue weighted by Gasteiger charge is 1.99. The summed E-state index contributed by atoms with van der Waals surface area (Å²) in [5.41, 5.74) is 7.92. The fraction of sp³-hybridized carbons (Fsp3) is 0.400. The number of thioether (sulfide) groups is 1. The molecule has 0 saturated heterocycles. The highest BCUT2D eigenvalue weighted by molar-refractivity contribution is 7.99. The van der Waals surface area contributed by atoms with Gasteiger partial charge in [0.15, 0.2) is 0 Å². The topological polar surface area (TPSA) is 46.2 Å². The fourth-order valence-electron chi connectivity index (χ4n) is 1.16. The van der Waals surface area contributed by atoms with Crippen LogP contribution in [-0.2, 0) is 6.54 Å². The molecule has 0 bridgehead atoms. The normalized spacial score (nSPS) is 10.4. The Hall–Kier alpha value is -0.510. The monoisotopic (exact) mass is 197 g/mol. The van der Waals surface area contributed by atoms with Crippen LogP contribution >= 0.6 is 11.8 Å².